The minimum absolute atomic E-state index is 0.0234. The zero-order valence-corrected chi connectivity index (χ0v) is 62.3. The molecule has 4 aliphatic heterocycles. The predicted molar refractivity (Wildman–Crippen MR) is 376 cm³/mol. The van der Waals surface area contributed by atoms with Gasteiger partial charge in [0.25, 0.3) is 5.91 Å². The third kappa shape index (κ3) is 38.9. The van der Waals surface area contributed by atoms with Gasteiger partial charge in [-0.25, -0.2) is 0 Å². The summed E-state index contributed by atoms with van der Waals surface area (Å²) in [5.74, 6) is -3.30. The van der Waals surface area contributed by atoms with Crippen molar-refractivity contribution >= 4 is 59.9 Å². The van der Waals surface area contributed by atoms with Gasteiger partial charge in [0.2, 0.25) is 5.91 Å². The lowest BCUT2D eigenvalue weighted by Gasteiger charge is -2.45. The third-order valence-corrected chi connectivity index (χ3v) is 17.5. The summed E-state index contributed by atoms with van der Waals surface area (Å²) in [5, 5.41) is 87.1. The van der Waals surface area contributed by atoms with Gasteiger partial charge < -0.3 is 100 Å². The molecule has 0 aromatic heterocycles. The number of benzene rings is 2. The molecule has 4 saturated heterocycles. The lowest BCUT2D eigenvalue weighted by molar-refractivity contribution is -0.346. The van der Waals surface area contributed by atoms with E-state index in [1.165, 1.54) is 0 Å². The lowest BCUT2D eigenvalue weighted by atomic mass is 9.97. The number of rotatable bonds is 37. The fourth-order valence-electron chi connectivity index (χ4n) is 11.8. The van der Waals surface area contributed by atoms with Gasteiger partial charge >= 0.3 is 42.3 Å². The Bertz CT molecular complexity index is 3020. The van der Waals surface area contributed by atoms with Crippen LogP contribution in [0.1, 0.15) is 90.2 Å². The van der Waals surface area contributed by atoms with Gasteiger partial charge in [-0.1, -0.05) is 24.3 Å². The SMILES string of the molecule is CC(C)OC1COC(OC2C(C(=O)NCCc3ccc(OCCCCC(=O)CCC(C(=O)O)N4CCN(C)CCN(CC(=O)O)CC4)cc3)OC(OC(C)C)C(O)C2O)C(O)C1O.CN1CCN(CC(=O)O)CCN(C(CCC(=O)NCCCOc2ccc(CCN)cc2)C(=O)O)CC1.O=C=O.O=C=O.O=C=O. The zero-order valence-electron chi connectivity index (χ0n) is 62.3. The van der Waals surface area contributed by atoms with E-state index in [9.17, 15) is 69.3 Å². The number of ketones is 1. The Morgan fingerprint density at radius 2 is 0.981 bits per heavy atom. The number of ether oxygens (including phenoxy) is 7. The molecule has 6 rings (SSSR count). The standard InChI is InChI=1S/C43H70N4O16.C25H41N5O6.3CO2/c1-26(2)60-32-25-59-42(36(53)34(32)51)62-38-35(52)37(54)43(61-27(3)4)63-39(38)40(55)44-16-15-28-9-12-30(13-10-28)58-23-7-6-8-29(48)11-14-31(41(56)57)47-21-18-45(5)17-19-46(20-22-47)24-33(49)50;1-28-12-14-29(19-24(32)33)15-17-30(16-13-28)22(25(34)35)7-8-23(31)27-11-2-18-36-21-5-3-20(4-6-21)9-10-26;3*2-1-3/h9-10,12-13,26-27,31-32,34-39,42-43,51-54H,6-8,11,14-25H2,1-5H3,(H,44,55)(H,49,50)(H,56,57);3-6,22H,2,7-19,26H2,1H3,(H,27,31)(H,32,33)(H,34,35);;;. The summed E-state index contributed by atoms with van der Waals surface area (Å²) >= 11 is 0. The molecule has 2 amide bonds. The molecule has 0 aliphatic carbocycles. The average Bonchev–Trinajstić information content (AvgIpc) is 0.827. The first kappa shape index (κ1) is 96.1. The zero-order chi connectivity index (χ0) is 80.7. The molecule has 608 valence electrons. The molecule has 11 unspecified atom stereocenters. The Labute approximate surface area is 627 Å². The number of hydrogen-bond acceptors (Lipinski definition) is 31. The minimum atomic E-state index is -1.69. The summed E-state index contributed by atoms with van der Waals surface area (Å²) in [6.45, 7) is 15.3. The van der Waals surface area contributed by atoms with Gasteiger partial charge in [0.1, 0.15) is 66.0 Å². The molecule has 12 N–H and O–H groups in total. The Kier molecular flexibility index (Phi) is 48.6. The van der Waals surface area contributed by atoms with Gasteiger partial charge in [-0.15, -0.1) is 0 Å². The largest absolute Gasteiger partial charge is 0.494 e. The number of aliphatic carboxylic acids is 4. The van der Waals surface area contributed by atoms with Crippen molar-refractivity contribution < 1.29 is 136 Å². The van der Waals surface area contributed by atoms with Crippen molar-refractivity contribution in [3.63, 3.8) is 0 Å². The smallest absolute Gasteiger partial charge is 0.373 e. The quantitative estimate of drug-likeness (QED) is 0.0316. The van der Waals surface area contributed by atoms with E-state index in [2.05, 4.69) is 15.5 Å². The molecule has 37 nitrogen and oxygen atoms in total. The molecule has 0 bridgehead atoms. The van der Waals surface area contributed by atoms with Crippen LogP contribution in [0.25, 0.3) is 0 Å². The summed E-state index contributed by atoms with van der Waals surface area (Å²) < 4.78 is 40.1. The maximum Gasteiger partial charge on any atom is 0.373 e. The van der Waals surface area contributed by atoms with Crippen molar-refractivity contribution in [2.75, 3.05) is 145 Å². The Morgan fingerprint density at radius 1 is 0.537 bits per heavy atom. The van der Waals surface area contributed by atoms with Crippen LogP contribution in [0.5, 0.6) is 11.5 Å². The number of nitrogens with zero attached hydrogens (tertiary/aromatic N) is 6. The maximum absolute atomic E-state index is 13.5. The summed E-state index contributed by atoms with van der Waals surface area (Å²) in [6.07, 6.45) is -8.88. The first-order valence-corrected chi connectivity index (χ1v) is 35.8. The highest BCUT2D eigenvalue weighted by Crippen LogP contribution is 2.30. The van der Waals surface area contributed by atoms with Crippen molar-refractivity contribution in [1.82, 2.24) is 40.0 Å². The van der Waals surface area contributed by atoms with Crippen LogP contribution in [0.15, 0.2) is 48.5 Å². The molecular weight excluding hydrogens is 1430 g/mol. The van der Waals surface area contributed by atoms with E-state index in [0.29, 0.717) is 143 Å². The number of carboxylic acids is 4. The van der Waals surface area contributed by atoms with Crippen LogP contribution >= 0.6 is 0 Å². The molecule has 0 saturated carbocycles. The fourth-order valence-corrected chi connectivity index (χ4v) is 11.8. The second-order valence-electron chi connectivity index (χ2n) is 26.4. The number of carboxylic acid groups (broad SMARTS) is 4. The van der Waals surface area contributed by atoms with Crippen LogP contribution in [0.2, 0.25) is 0 Å². The van der Waals surface area contributed by atoms with Gasteiger partial charge in [0, 0.05) is 111 Å². The Morgan fingerprint density at radius 3 is 1.45 bits per heavy atom. The first-order chi connectivity index (χ1) is 51.4. The van der Waals surface area contributed by atoms with Crippen LogP contribution in [0.4, 0.5) is 0 Å². The number of aliphatic hydroxyl groups excluding tert-OH is 4. The Balaban J connectivity index is 0.000000740. The van der Waals surface area contributed by atoms with Gasteiger partial charge in [0.05, 0.1) is 45.1 Å². The van der Waals surface area contributed by atoms with Crippen molar-refractivity contribution in [1.29, 1.82) is 0 Å². The maximum atomic E-state index is 13.5. The molecule has 2 aromatic carbocycles. The van der Waals surface area contributed by atoms with E-state index >= 15 is 0 Å². The van der Waals surface area contributed by atoms with Crippen molar-refractivity contribution in [3.05, 3.63) is 59.7 Å². The number of nitrogens with one attached hydrogen (secondary N) is 2. The van der Waals surface area contributed by atoms with Gasteiger partial charge in [-0.2, -0.15) is 28.8 Å². The van der Waals surface area contributed by atoms with E-state index < -0.39 is 103 Å². The fraction of sp³-hybridized carbons (Fsp3) is 0.690. The highest BCUT2D eigenvalue weighted by molar-refractivity contribution is 5.82. The number of unbranched alkanes of at least 4 members (excludes halogenated alkanes) is 1. The second-order valence-corrected chi connectivity index (χ2v) is 26.4. The van der Waals surface area contributed by atoms with Crippen LogP contribution in [-0.2, 0) is 98.9 Å². The van der Waals surface area contributed by atoms with E-state index in [1.54, 1.807) is 44.7 Å². The van der Waals surface area contributed by atoms with Crippen LogP contribution < -0.4 is 25.8 Å². The molecule has 108 heavy (non-hydrogen) atoms. The van der Waals surface area contributed by atoms with E-state index in [1.807, 2.05) is 70.1 Å². The average molecular weight is 1540 g/mol. The number of hydrogen-bond donors (Lipinski definition) is 11. The van der Waals surface area contributed by atoms with Crippen LogP contribution in [-0.4, -0.2) is 355 Å². The highest BCUT2D eigenvalue weighted by Gasteiger charge is 2.52. The monoisotopic (exact) mass is 1540 g/mol. The lowest BCUT2D eigenvalue weighted by Crippen LogP contribution is -2.65. The number of aliphatic hydroxyl groups is 4. The molecule has 0 spiro atoms. The molecule has 11 atom stereocenters. The Hall–Kier alpha value is -7.97. The molecule has 4 fully saturated rings. The number of carbonyl (C=O) groups is 7. The van der Waals surface area contributed by atoms with Crippen LogP contribution in [0.3, 0.4) is 0 Å². The van der Waals surface area contributed by atoms with E-state index in [0.717, 1.165) is 23.3 Å². The second kappa shape index (κ2) is 54.6. The normalized spacial score (nSPS) is 22.5. The van der Waals surface area contributed by atoms with Gasteiger partial charge in [-0.05, 0) is 129 Å². The molecule has 4 heterocycles. The van der Waals surface area contributed by atoms with Crippen molar-refractivity contribution in [2.45, 2.75) is 172 Å². The molecule has 0 radical (unpaired) electrons. The number of likely N-dealkylation sites (N-methyl/N-ethyl adjacent to an activating group) is 2. The summed E-state index contributed by atoms with van der Waals surface area (Å²) in [4.78, 5) is 145. The molecule has 37 heteroatoms. The first-order valence-electron chi connectivity index (χ1n) is 35.8. The number of carbonyl (C=O) groups excluding carboxylic acids is 9. The van der Waals surface area contributed by atoms with Crippen molar-refractivity contribution in [3.8, 4) is 11.5 Å². The summed E-state index contributed by atoms with van der Waals surface area (Å²) in [7, 11) is 3.86. The summed E-state index contributed by atoms with van der Waals surface area (Å²) in [5.41, 5.74) is 7.59. The molecule has 2 aromatic rings. The number of Topliss-reactive ketones (excluding diaryl/α,β-unsaturated/α-hetero) is 1. The minimum Gasteiger partial charge on any atom is -0.494 e. The molecule has 4 aliphatic rings. The number of nitrogens with two attached hydrogens (primary N) is 1. The van der Waals surface area contributed by atoms with E-state index in [4.69, 9.17) is 72.8 Å². The van der Waals surface area contributed by atoms with E-state index in [-0.39, 0.29) is 88.2 Å². The topological polar surface area (TPSA) is 518 Å². The third-order valence-electron chi connectivity index (χ3n) is 17.5. The predicted octanol–water partition coefficient (Wildman–Crippen LogP) is -2.35. The van der Waals surface area contributed by atoms with Crippen molar-refractivity contribution in [2.24, 2.45) is 5.73 Å². The highest BCUT2D eigenvalue weighted by atomic mass is 16.7. The summed E-state index contributed by atoms with van der Waals surface area (Å²) in [6, 6.07) is 13.4. The van der Waals surface area contributed by atoms with Crippen LogP contribution in [0, 0.1) is 0 Å². The molecular formula is C71H111N9O28. The number of amides is 2. The van der Waals surface area contributed by atoms with Gasteiger partial charge in [0.15, 0.2) is 18.7 Å². The van der Waals surface area contributed by atoms with Gasteiger partial charge in [-0.3, -0.25) is 53.2 Å².